The van der Waals surface area contributed by atoms with Gasteiger partial charge in [-0.2, -0.15) is 0 Å². The Bertz CT molecular complexity index is 1750. The van der Waals surface area contributed by atoms with Crippen LogP contribution in [0.1, 0.15) is 104 Å². The Morgan fingerprint density at radius 3 is 1.34 bits per heavy atom. The van der Waals surface area contributed by atoms with Gasteiger partial charge in [0.15, 0.2) is 54.2 Å². The zero-order valence-electron chi connectivity index (χ0n) is 39.3. The van der Waals surface area contributed by atoms with Crippen LogP contribution in [-0.4, -0.2) is 169 Å². The standard InChI is InChI=1S/C17H24O11.C13H22O6.C12H18O6/c1-7(23-8(2)18)13-14(24-9(3)19)15(25-10(4)20)16(26-11(5)21)17(28-13)27-12(6)22;1-6(14)7-8-9(17-12(2,3)16-8)10-11(15-7)19-13(4,5)18-10;1-11(2)15-7-6(5-13)14-10-9(8(7)16-11)17-12(3,4)18-10/h7,13-17H,1-6H3;6-11,14H,1-5H3;5-10H,1-4H3/t7-,13+,14-,15-,16+,17?;6-,7+,8-,9?,10+,11?;6-,7+,8?,9-,10?/m110/s1. The quantitative estimate of drug-likeness (QED) is 0.204. The number of fused-ring (bicyclic) bond motifs is 6. The maximum atomic E-state index is 11.6. The van der Waals surface area contributed by atoms with E-state index >= 15 is 0 Å². The van der Waals surface area contributed by atoms with E-state index in [-0.39, 0.29) is 30.5 Å². The number of hydrogen-bond acceptors (Lipinski definition) is 23. The zero-order valence-corrected chi connectivity index (χ0v) is 39.3. The number of esters is 5. The summed E-state index contributed by atoms with van der Waals surface area (Å²) in [5.74, 6) is -6.64. The molecule has 17 atom stereocenters. The molecule has 7 rings (SSSR count). The highest BCUT2D eigenvalue weighted by atomic mass is 16.9. The second-order valence-corrected chi connectivity index (χ2v) is 18.3. The van der Waals surface area contributed by atoms with E-state index in [0.29, 0.717) is 0 Å². The fourth-order valence-corrected chi connectivity index (χ4v) is 8.55. The molecule has 7 fully saturated rings. The van der Waals surface area contributed by atoms with Crippen LogP contribution in [-0.2, 0) is 105 Å². The Kier molecular flexibility index (Phi) is 16.2. The first-order valence-electron chi connectivity index (χ1n) is 21.3. The first-order chi connectivity index (χ1) is 29.9. The number of rotatable bonds is 8. The van der Waals surface area contributed by atoms with Crippen molar-refractivity contribution in [2.45, 2.75) is 231 Å². The Morgan fingerprint density at radius 2 is 0.877 bits per heavy atom. The average Bonchev–Trinajstić information content (AvgIpc) is 3.85. The van der Waals surface area contributed by atoms with E-state index in [9.17, 15) is 33.9 Å². The lowest BCUT2D eigenvalue weighted by Crippen LogP contribution is -2.64. The number of carbonyl (C=O) groups is 6. The summed E-state index contributed by atoms with van der Waals surface area (Å²) < 4.78 is 89.0. The van der Waals surface area contributed by atoms with Crippen LogP contribution in [0.25, 0.3) is 0 Å². The fraction of sp³-hybridized carbons (Fsp3) is 0.857. The number of carbonyl (C=O) groups excluding carboxylic acids is 6. The topological polar surface area (TPSA) is 270 Å². The van der Waals surface area contributed by atoms with Crippen LogP contribution in [0.2, 0.25) is 0 Å². The van der Waals surface area contributed by atoms with Gasteiger partial charge in [0, 0.05) is 34.6 Å². The molecule has 23 nitrogen and oxygen atoms in total. The summed E-state index contributed by atoms with van der Waals surface area (Å²) in [6.07, 6.45) is -12.2. The molecule has 0 radical (unpaired) electrons. The summed E-state index contributed by atoms with van der Waals surface area (Å²) in [6, 6.07) is 0. The Balaban J connectivity index is 0.000000188. The molecule has 7 aliphatic heterocycles. The summed E-state index contributed by atoms with van der Waals surface area (Å²) in [4.78, 5) is 68.7. The summed E-state index contributed by atoms with van der Waals surface area (Å²) in [5.41, 5.74) is 0. The van der Waals surface area contributed by atoms with Crippen molar-refractivity contribution in [1.82, 2.24) is 0 Å². The molecule has 0 amide bonds. The first kappa shape index (κ1) is 52.5. The fourth-order valence-electron chi connectivity index (χ4n) is 8.55. The lowest BCUT2D eigenvalue weighted by atomic mass is 9.95. The van der Waals surface area contributed by atoms with Gasteiger partial charge in [-0.05, 0) is 69.2 Å². The van der Waals surface area contributed by atoms with Crippen LogP contribution in [0.5, 0.6) is 0 Å². The van der Waals surface area contributed by atoms with Crippen molar-refractivity contribution in [2.75, 3.05) is 0 Å². The van der Waals surface area contributed by atoms with Gasteiger partial charge in [-0.1, -0.05) is 0 Å². The van der Waals surface area contributed by atoms with Crippen molar-refractivity contribution in [3.8, 4) is 0 Å². The zero-order chi connectivity index (χ0) is 48.7. The minimum atomic E-state index is -1.50. The molecule has 0 aliphatic carbocycles. The average molecular weight is 937 g/mol. The number of aldehydes is 1. The van der Waals surface area contributed by atoms with E-state index in [0.717, 1.165) is 40.9 Å². The predicted octanol–water partition coefficient (Wildman–Crippen LogP) is 1.37. The van der Waals surface area contributed by atoms with E-state index < -0.39 is 127 Å². The second kappa shape index (κ2) is 20.0. The molecule has 65 heavy (non-hydrogen) atoms. The van der Waals surface area contributed by atoms with E-state index in [4.69, 9.17) is 75.8 Å². The Hall–Kier alpha value is -3.46. The normalized spacial score (nSPS) is 39.6. The molecule has 5 unspecified atom stereocenters. The van der Waals surface area contributed by atoms with Gasteiger partial charge in [0.1, 0.15) is 61.0 Å². The van der Waals surface area contributed by atoms with Crippen molar-refractivity contribution < 1.29 is 110 Å². The van der Waals surface area contributed by atoms with E-state index in [1.165, 1.54) is 6.92 Å². The van der Waals surface area contributed by atoms with Gasteiger partial charge in [-0.3, -0.25) is 24.0 Å². The maximum Gasteiger partial charge on any atom is 0.305 e. The highest BCUT2D eigenvalue weighted by Gasteiger charge is 2.63. The van der Waals surface area contributed by atoms with E-state index in [2.05, 4.69) is 0 Å². The molecule has 0 aromatic carbocycles. The van der Waals surface area contributed by atoms with Gasteiger partial charge in [-0.15, -0.1) is 0 Å². The van der Waals surface area contributed by atoms with E-state index in [1.54, 1.807) is 20.8 Å². The lowest BCUT2D eigenvalue weighted by molar-refractivity contribution is -0.307. The Labute approximate surface area is 376 Å². The maximum absolute atomic E-state index is 11.6. The number of aliphatic hydroxyl groups is 1. The minimum absolute atomic E-state index is 0.296. The van der Waals surface area contributed by atoms with Gasteiger partial charge < -0.3 is 85.7 Å². The number of ether oxygens (including phenoxy) is 16. The third kappa shape index (κ3) is 13.0. The predicted molar refractivity (Wildman–Crippen MR) is 211 cm³/mol. The molecule has 0 bridgehead atoms. The van der Waals surface area contributed by atoms with Crippen LogP contribution < -0.4 is 0 Å². The largest absolute Gasteiger partial charge is 0.460 e. The van der Waals surface area contributed by atoms with Crippen LogP contribution in [0, 0.1) is 0 Å². The molecular weight excluding hydrogens is 872 g/mol. The summed E-state index contributed by atoms with van der Waals surface area (Å²) in [6.45, 7) is 23.3. The van der Waals surface area contributed by atoms with Crippen molar-refractivity contribution >= 4 is 36.1 Å². The summed E-state index contributed by atoms with van der Waals surface area (Å²) in [7, 11) is 0. The molecule has 1 N–H and O–H groups in total. The highest BCUT2D eigenvalue weighted by Crippen LogP contribution is 2.46. The van der Waals surface area contributed by atoms with Crippen molar-refractivity contribution in [3.05, 3.63) is 0 Å². The Morgan fingerprint density at radius 1 is 0.477 bits per heavy atom. The molecule has 0 saturated carbocycles. The molecule has 7 heterocycles. The number of aliphatic hydroxyl groups excluding tert-OH is 1. The third-order valence-corrected chi connectivity index (χ3v) is 10.5. The monoisotopic (exact) mass is 936 g/mol. The first-order valence-corrected chi connectivity index (χ1v) is 21.3. The smallest absolute Gasteiger partial charge is 0.305 e. The number of hydrogen-bond donors (Lipinski definition) is 1. The minimum Gasteiger partial charge on any atom is -0.460 e. The molecule has 0 aromatic heterocycles. The van der Waals surface area contributed by atoms with Crippen LogP contribution in [0.15, 0.2) is 0 Å². The molecular formula is C42H64O23. The second-order valence-electron chi connectivity index (χ2n) is 18.3. The lowest BCUT2D eigenvalue weighted by Gasteiger charge is -2.45. The van der Waals surface area contributed by atoms with Crippen LogP contribution in [0.3, 0.4) is 0 Å². The summed E-state index contributed by atoms with van der Waals surface area (Å²) >= 11 is 0. The molecule has 7 aliphatic rings. The van der Waals surface area contributed by atoms with Crippen molar-refractivity contribution in [3.63, 3.8) is 0 Å². The van der Waals surface area contributed by atoms with Gasteiger partial charge in [-0.25, -0.2) is 0 Å². The van der Waals surface area contributed by atoms with Gasteiger partial charge in [0.2, 0.25) is 12.4 Å². The van der Waals surface area contributed by atoms with Crippen molar-refractivity contribution in [1.29, 1.82) is 0 Å². The van der Waals surface area contributed by atoms with E-state index in [1.807, 2.05) is 41.5 Å². The summed E-state index contributed by atoms with van der Waals surface area (Å²) in [5, 5.41) is 9.89. The molecule has 7 saturated heterocycles. The molecule has 23 heteroatoms. The van der Waals surface area contributed by atoms with Gasteiger partial charge in [0.25, 0.3) is 0 Å². The van der Waals surface area contributed by atoms with Gasteiger partial charge in [0.05, 0.1) is 6.10 Å². The SMILES string of the molecule is CC(=O)OC1O[C@@H]([C@@H](C)OC(C)=O)[C@@H](OC(C)=O)[C@@H](OC(C)=O)[C@@H]1OC(C)=O.CC1(C)OC2O[C@@H](C=O)[C@H]3OC(C)(C)OC3[C@@H]2O1.C[C@@H](O)[C@@H]1OC2OC(C)(C)O[C@H]2C2OC(C)(C)O[C@@H]21. The van der Waals surface area contributed by atoms with Gasteiger partial charge >= 0.3 is 29.8 Å². The molecule has 0 spiro atoms. The highest BCUT2D eigenvalue weighted by molar-refractivity contribution is 5.69. The van der Waals surface area contributed by atoms with Crippen LogP contribution in [0.4, 0.5) is 0 Å². The van der Waals surface area contributed by atoms with Crippen LogP contribution >= 0.6 is 0 Å². The molecule has 0 aromatic rings. The third-order valence-electron chi connectivity index (χ3n) is 10.5. The molecule has 370 valence electrons. The van der Waals surface area contributed by atoms with Crippen molar-refractivity contribution in [2.24, 2.45) is 0 Å².